The molecule has 0 saturated carbocycles. The molecule has 3 rings (SSSR count). The molecule has 0 bridgehead atoms. The molecule has 0 spiro atoms. The highest BCUT2D eigenvalue weighted by atomic mass is 16.2. The Morgan fingerprint density at radius 1 is 1.12 bits per heavy atom. The van der Waals surface area contributed by atoms with E-state index in [2.05, 4.69) is 49.3 Å². The zero-order valence-corrected chi connectivity index (χ0v) is 14.9. The second kappa shape index (κ2) is 7.34. The maximum atomic E-state index is 12.7. The molecule has 0 aliphatic heterocycles. The van der Waals surface area contributed by atoms with Crippen LogP contribution in [0.4, 0.5) is 0 Å². The van der Waals surface area contributed by atoms with Crippen LogP contribution in [-0.2, 0) is 13.1 Å². The van der Waals surface area contributed by atoms with Crippen molar-refractivity contribution in [2.75, 3.05) is 7.05 Å². The van der Waals surface area contributed by atoms with Crippen molar-refractivity contribution in [3.8, 4) is 0 Å². The fourth-order valence-electron chi connectivity index (χ4n) is 2.90. The fraction of sp³-hybridized carbons (Fsp3) is 0.238. The van der Waals surface area contributed by atoms with E-state index in [0.717, 1.165) is 11.1 Å². The molecule has 0 atom stereocenters. The molecule has 0 radical (unpaired) electrons. The number of aryl methyl sites for hydroxylation is 2. The maximum Gasteiger partial charge on any atom is 0.257 e. The third kappa shape index (κ3) is 4.15. The summed E-state index contributed by atoms with van der Waals surface area (Å²) in [5.41, 5.74) is 5.38. The van der Waals surface area contributed by atoms with Crippen LogP contribution in [0.25, 0.3) is 0 Å². The van der Waals surface area contributed by atoms with Crippen LogP contribution in [0, 0.1) is 13.8 Å². The van der Waals surface area contributed by atoms with Crippen LogP contribution in [0.5, 0.6) is 0 Å². The van der Waals surface area contributed by atoms with Crippen molar-refractivity contribution < 1.29 is 4.79 Å². The van der Waals surface area contributed by atoms with Crippen LogP contribution in [0.1, 0.15) is 32.6 Å². The first kappa shape index (κ1) is 17.0. The number of carbonyl (C=O) groups excluding carboxylic acids is 1. The number of carbonyl (C=O) groups is 1. The summed E-state index contributed by atoms with van der Waals surface area (Å²) in [4.78, 5) is 14.4. The van der Waals surface area contributed by atoms with Crippen molar-refractivity contribution in [1.29, 1.82) is 0 Å². The van der Waals surface area contributed by atoms with Gasteiger partial charge < -0.3 is 4.90 Å². The molecule has 0 saturated heterocycles. The molecular weight excluding hydrogens is 310 g/mol. The molecule has 128 valence electrons. The Kier molecular flexibility index (Phi) is 4.98. The van der Waals surface area contributed by atoms with Gasteiger partial charge in [-0.2, -0.15) is 5.10 Å². The van der Waals surface area contributed by atoms with Crippen molar-refractivity contribution in [2.45, 2.75) is 26.9 Å². The molecule has 0 unspecified atom stereocenters. The summed E-state index contributed by atoms with van der Waals surface area (Å²) >= 11 is 0. The highest BCUT2D eigenvalue weighted by Gasteiger charge is 2.15. The Morgan fingerprint density at radius 2 is 1.88 bits per heavy atom. The van der Waals surface area contributed by atoms with Crippen molar-refractivity contribution in [2.24, 2.45) is 0 Å². The van der Waals surface area contributed by atoms with E-state index in [1.807, 2.05) is 31.4 Å². The van der Waals surface area contributed by atoms with Crippen LogP contribution in [0.2, 0.25) is 0 Å². The Labute approximate surface area is 148 Å². The topological polar surface area (TPSA) is 38.1 Å². The van der Waals surface area contributed by atoms with Gasteiger partial charge in [0, 0.05) is 19.8 Å². The molecule has 2 aromatic carbocycles. The molecule has 4 heteroatoms. The summed E-state index contributed by atoms with van der Waals surface area (Å²) in [5, 5.41) is 4.32. The number of hydrogen-bond acceptors (Lipinski definition) is 2. The van der Waals surface area contributed by atoms with Gasteiger partial charge in [-0.15, -0.1) is 0 Å². The van der Waals surface area contributed by atoms with Gasteiger partial charge in [0.25, 0.3) is 5.91 Å². The molecule has 0 fully saturated rings. The van der Waals surface area contributed by atoms with Crippen molar-refractivity contribution >= 4 is 5.91 Å². The van der Waals surface area contributed by atoms with Crippen molar-refractivity contribution in [3.63, 3.8) is 0 Å². The first-order valence-corrected chi connectivity index (χ1v) is 8.41. The lowest BCUT2D eigenvalue weighted by molar-refractivity contribution is 0.0785. The molecule has 1 amide bonds. The lowest BCUT2D eigenvalue weighted by Gasteiger charge is -2.18. The summed E-state index contributed by atoms with van der Waals surface area (Å²) < 4.78 is 1.80. The van der Waals surface area contributed by atoms with Crippen molar-refractivity contribution in [3.05, 3.63) is 88.7 Å². The minimum absolute atomic E-state index is 0.0145. The Balaban J connectivity index is 1.68. The van der Waals surface area contributed by atoms with E-state index in [-0.39, 0.29) is 5.91 Å². The second-order valence-electron chi connectivity index (χ2n) is 6.50. The van der Waals surface area contributed by atoms with Gasteiger partial charge in [-0.05, 0) is 30.5 Å². The molecule has 1 aromatic heterocycles. The minimum atomic E-state index is -0.0145. The zero-order chi connectivity index (χ0) is 17.8. The molecule has 4 nitrogen and oxygen atoms in total. The Bertz CT molecular complexity index is 868. The van der Waals surface area contributed by atoms with Gasteiger partial charge in [0.1, 0.15) is 0 Å². The minimum Gasteiger partial charge on any atom is -0.337 e. The predicted molar refractivity (Wildman–Crippen MR) is 99.5 cm³/mol. The first-order valence-electron chi connectivity index (χ1n) is 8.41. The van der Waals surface area contributed by atoms with Crippen LogP contribution >= 0.6 is 0 Å². The van der Waals surface area contributed by atoms with Gasteiger partial charge in [0.05, 0.1) is 18.3 Å². The number of benzene rings is 2. The number of rotatable bonds is 5. The monoisotopic (exact) mass is 333 g/mol. The standard InChI is InChI=1S/C21H23N3O/c1-16-9-10-19(17(2)11-16)14-23(3)21(25)20-12-22-24(15-20)13-18-7-5-4-6-8-18/h4-12,15H,13-14H2,1-3H3. The second-order valence-corrected chi connectivity index (χ2v) is 6.50. The highest BCUT2D eigenvalue weighted by Crippen LogP contribution is 2.14. The van der Waals surface area contributed by atoms with Gasteiger partial charge in [0.15, 0.2) is 0 Å². The summed E-state index contributed by atoms with van der Waals surface area (Å²) in [6, 6.07) is 16.4. The Morgan fingerprint density at radius 3 is 2.60 bits per heavy atom. The third-order valence-electron chi connectivity index (χ3n) is 4.32. The molecule has 1 heterocycles. The third-order valence-corrected chi connectivity index (χ3v) is 4.32. The quantitative estimate of drug-likeness (QED) is 0.712. The summed E-state index contributed by atoms with van der Waals surface area (Å²) in [6.45, 7) is 5.41. The summed E-state index contributed by atoms with van der Waals surface area (Å²) in [5.74, 6) is -0.0145. The smallest absolute Gasteiger partial charge is 0.257 e. The normalized spacial score (nSPS) is 10.7. The molecule has 0 aliphatic rings. The van der Waals surface area contributed by atoms with Gasteiger partial charge >= 0.3 is 0 Å². The molecule has 3 aromatic rings. The van der Waals surface area contributed by atoms with E-state index in [1.54, 1.807) is 15.8 Å². The van der Waals surface area contributed by atoms with Crippen LogP contribution in [0.3, 0.4) is 0 Å². The lowest BCUT2D eigenvalue weighted by atomic mass is 10.1. The molecule has 0 N–H and O–H groups in total. The SMILES string of the molecule is Cc1ccc(CN(C)C(=O)c2cnn(Cc3ccccc3)c2)c(C)c1. The number of nitrogens with zero attached hydrogens (tertiary/aromatic N) is 3. The van der Waals surface area contributed by atoms with Gasteiger partial charge in [-0.1, -0.05) is 54.1 Å². The fourth-order valence-corrected chi connectivity index (χ4v) is 2.90. The van der Waals surface area contributed by atoms with Crippen LogP contribution < -0.4 is 0 Å². The average Bonchev–Trinajstić information content (AvgIpc) is 3.06. The van der Waals surface area contributed by atoms with E-state index in [9.17, 15) is 4.79 Å². The molecular formula is C21H23N3O. The maximum absolute atomic E-state index is 12.7. The zero-order valence-electron chi connectivity index (χ0n) is 14.9. The first-order chi connectivity index (χ1) is 12.0. The van der Waals surface area contributed by atoms with Crippen molar-refractivity contribution in [1.82, 2.24) is 14.7 Å². The van der Waals surface area contributed by atoms with Gasteiger partial charge in [-0.3, -0.25) is 9.48 Å². The highest BCUT2D eigenvalue weighted by molar-refractivity contribution is 5.93. The van der Waals surface area contributed by atoms with E-state index in [4.69, 9.17) is 0 Å². The number of hydrogen-bond donors (Lipinski definition) is 0. The number of amides is 1. The van der Waals surface area contributed by atoms with E-state index in [0.29, 0.717) is 18.7 Å². The lowest BCUT2D eigenvalue weighted by Crippen LogP contribution is -2.26. The van der Waals surface area contributed by atoms with E-state index in [1.165, 1.54) is 11.1 Å². The van der Waals surface area contributed by atoms with E-state index < -0.39 is 0 Å². The molecule has 0 aliphatic carbocycles. The van der Waals surface area contributed by atoms with Gasteiger partial charge in [0.2, 0.25) is 0 Å². The summed E-state index contributed by atoms with van der Waals surface area (Å²) in [7, 11) is 1.83. The van der Waals surface area contributed by atoms with E-state index >= 15 is 0 Å². The average molecular weight is 333 g/mol. The van der Waals surface area contributed by atoms with Gasteiger partial charge in [-0.25, -0.2) is 0 Å². The van der Waals surface area contributed by atoms with Crippen LogP contribution in [0.15, 0.2) is 60.9 Å². The predicted octanol–water partition coefficient (Wildman–Crippen LogP) is 3.82. The molecule has 25 heavy (non-hydrogen) atoms. The Hall–Kier alpha value is -2.88. The van der Waals surface area contributed by atoms with Crippen LogP contribution in [-0.4, -0.2) is 27.6 Å². The number of aromatic nitrogens is 2. The summed E-state index contributed by atoms with van der Waals surface area (Å²) in [6.07, 6.45) is 3.46. The largest absolute Gasteiger partial charge is 0.337 e.